The summed E-state index contributed by atoms with van der Waals surface area (Å²) in [6.45, 7) is 2.02. The molecule has 1 N–H and O–H groups in total. The quantitative estimate of drug-likeness (QED) is 0.836. The molecule has 0 spiro atoms. The molecule has 1 aromatic heterocycles. The van der Waals surface area contributed by atoms with Crippen LogP contribution < -0.4 is 5.32 Å². The van der Waals surface area contributed by atoms with Crippen molar-refractivity contribution in [3.8, 4) is 0 Å². The highest BCUT2D eigenvalue weighted by Crippen LogP contribution is 2.07. The van der Waals surface area contributed by atoms with Gasteiger partial charge in [-0.1, -0.05) is 25.1 Å². The number of aromatic nitrogens is 1. The third kappa shape index (κ3) is 3.55. The largest absolute Gasteiger partial charge is 0.344 e. The van der Waals surface area contributed by atoms with E-state index in [4.69, 9.17) is 0 Å². The van der Waals surface area contributed by atoms with Crippen molar-refractivity contribution in [2.45, 2.75) is 19.9 Å². The Balaban J connectivity index is 1.96. The van der Waals surface area contributed by atoms with Gasteiger partial charge in [-0.2, -0.15) is 0 Å². The van der Waals surface area contributed by atoms with Gasteiger partial charge >= 0.3 is 0 Å². The van der Waals surface area contributed by atoms with Gasteiger partial charge in [0.05, 0.1) is 0 Å². The van der Waals surface area contributed by atoms with Crippen molar-refractivity contribution < 1.29 is 9.59 Å². The molecule has 4 heteroatoms. The minimum Gasteiger partial charge on any atom is -0.344 e. The van der Waals surface area contributed by atoms with Gasteiger partial charge in [0.25, 0.3) is 0 Å². The van der Waals surface area contributed by atoms with Crippen LogP contribution in [0, 0.1) is 0 Å². The second kappa shape index (κ2) is 6.00. The maximum atomic E-state index is 11.8. The summed E-state index contributed by atoms with van der Waals surface area (Å²) in [4.78, 5) is 23.3. The van der Waals surface area contributed by atoms with Gasteiger partial charge in [0.2, 0.25) is 5.91 Å². The summed E-state index contributed by atoms with van der Waals surface area (Å²) in [5.41, 5.74) is 1.42. The summed E-state index contributed by atoms with van der Waals surface area (Å²) in [6.07, 6.45) is 3.92. The van der Waals surface area contributed by atoms with Gasteiger partial charge in [0, 0.05) is 30.1 Å². The number of amides is 1. The van der Waals surface area contributed by atoms with Crippen LogP contribution in [-0.2, 0) is 11.3 Å². The Bertz CT molecular complexity index is 573. The third-order valence-corrected chi connectivity index (χ3v) is 2.78. The van der Waals surface area contributed by atoms with Crippen LogP contribution in [-0.4, -0.2) is 16.3 Å². The lowest BCUT2D eigenvalue weighted by atomic mass is 10.2. The molecule has 0 fully saturated rings. The molecule has 0 saturated carbocycles. The van der Waals surface area contributed by atoms with Crippen molar-refractivity contribution >= 4 is 17.4 Å². The van der Waals surface area contributed by atoms with E-state index in [1.165, 1.54) is 0 Å². The van der Waals surface area contributed by atoms with Crippen molar-refractivity contribution in [1.29, 1.82) is 0 Å². The second-order valence-corrected chi connectivity index (χ2v) is 4.26. The molecule has 0 aliphatic heterocycles. The Hall–Kier alpha value is -2.36. The summed E-state index contributed by atoms with van der Waals surface area (Å²) in [5.74, 6) is -0.0282. The molecule has 1 amide bonds. The van der Waals surface area contributed by atoms with Gasteiger partial charge in [0.15, 0.2) is 5.78 Å². The average molecular weight is 256 g/mol. The fourth-order valence-corrected chi connectivity index (χ4v) is 1.80. The number of nitrogens with one attached hydrogen (secondary N) is 1. The van der Waals surface area contributed by atoms with E-state index in [0.29, 0.717) is 12.0 Å². The molecule has 0 bridgehead atoms. The van der Waals surface area contributed by atoms with E-state index in [1.54, 1.807) is 23.0 Å². The van der Waals surface area contributed by atoms with Gasteiger partial charge in [-0.05, 0) is 18.2 Å². The zero-order chi connectivity index (χ0) is 13.7. The fraction of sp³-hybridized carbons (Fsp3) is 0.200. The number of nitrogens with zero attached hydrogens (tertiary/aromatic N) is 1. The van der Waals surface area contributed by atoms with Crippen LogP contribution in [0.5, 0.6) is 0 Å². The summed E-state index contributed by atoms with van der Waals surface area (Å²) in [5, 5.41) is 2.80. The predicted molar refractivity (Wildman–Crippen MR) is 74.1 cm³/mol. The highest BCUT2D eigenvalue weighted by molar-refractivity contribution is 5.96. The zero-order valence-corrected chi connectivity index (χ0v) is 10.8. The third-order valence-electron chi connectivity index (χ3n) is 2.78. The number of anilines is 1. The second-order valence-electron chi connectivity index (χ2n) is 4.26. The molecule has 0 unspecified atom stereocenters. The summed E-state index contributed by atoms with van der Waals surface area (Å²) in [6, 6.07) is 11.0. The van der Waals surface area contributed by atoms with Crippen molar-refractivity contribution in [3.63, 3.8) is 0 Å². The first-order valence-electron chi connectivity index (χ1n) is 6.23. The first-order chi connectivity index (χ1) is 9.19. The fourth-order valence-electron chi connectivity index (χ4n) is 1.80. The van der Waals surface area contributed by atoms with Crippen molar-refractivity contribution in [2.75, 3.05) is 5.32 Å². The maximum absolute atomic E-state index is 11.8. The molecule has 19 heavy (non-hydrogen) atoms. The van der Waals surface area contributed by atoms with Crippen LogP contribution in [0.3, 0.4) is 0 Å². The zero-order valence-electron chi connectivity index (χ0n) is 10.8. The molecule has 1 heterocycles. The Morgan fingerprint density at radius 2 is 1.89 bits per heavy atom. The van der Waals surface area contributed by atoms with Crippen LogP contribution >= 0.6 is 0 Å². The molecule has 1 aromatic carbocycles. The molecule has 0 aliphatic carbocycles. The van der Waals surface area contributed by atoms with Crippen LogP contribution in [0.1, 0.15) is 23.7 Å². The number of benzene rings is 1. The van der Waals surface area contributed by atoms with Crippen molar-refractivity contribution in [2.24, 2.45) is 0 Å². The van der Waals surface area contributed by atoms with E-state index >= 15 is 0 Å². The highest BCUT2D eigenvalue weighted by atomic mass is 16.2. The summed E-state index contributed by atoms with van der Waals surface area (Å²) >= 11 is 0. The molecule has 0 saturated heterocycles. The van der Waals surface area contributed by atoms with E-state index in [1.807, 2.05) is 37.3 Å². The molecular formula is C15H16N2O2. The monoisotopic (exact) mass is 256 g/mol. The van der Waals surface area contributed by atoms with Crippen molar-refractivity contribution in [3.05, 3.63) is 54.4 Å². The Kier molecular flexibility index (Phi) is 4.13. The van der Waals surface area contributed by atoms with Crippen LogP contribution in [0.25, 0.3) is 0 Å². The molecule has 0 aliphatic rings. The maximum Gasteiger partial charge on any atom is 0.244 e. The number of Topliss-reactive ketones (excluding diaryl/α,β-unsaturated/α-hetero) is 1. The molecule has 4 nitrogen and oxygen atoms in total. The van der Waals surface area contributed by atoms with E-state index in [9.17, 15) is 9.59 Å². The highest BCUT2D eigenvalue weighted by Gasteiger charge is 2.07. The van der Waals surface area contributed by atoms with Gasteiger partial charge in [-0.15, -0.1) is 0 Å². The molecular weight excluding hydrogens is 240 g/mol. The van der Waals surface area contributed by atoms with Crippen LogP contribution in [0.2, 0.25) is 0 Å². The number of hydrogen-bond acceptors (Lipinski definition) is 2. The van der Waals surface area contributed by atoms with Crippen LogP contribution in [0.15, 0.2) is 48.8 Å². The van der Waals surface area contributed by atoms with Crippen LogP contribution in [0.4, 0.5) is 5.69 Å². The summed E-state index contributed by atoms with van der Waals surface area (Å²) < 4.78 is 1.71. The first-order valence-corrected chi connectivity index (χ1v) is 6.23. The molecule has 98 valence electrons. The lowest BCUT2D eigenvalue weighted by Crippen LogP contribution is -2.17. The molecule has 0 atom stereocenters. The number of ketones is 1. The minimum atomic E-state index is -0.114. The number of carbonyl (C=O) groups excluding carboxylic acids is 2. The predicted octanol–water partition coefficient (Wildman–Crippen LogP) is 2.72. The van der Waals surface area contributed by atoms with E-state index in [0.717, 1.165) is 5.69 Å². The number of rotatable bonds is 5. The summed E-state index contributed by atoms with van der Waals surface area (Å²) in [7, 11) is 0. The average Bonchev–Trinajstić information content (AvgIpc) is 2.87. The lowest BCUT2D eigenvalue weighted by Gasteiger charge is -2.05. The molecule has 0 radical (unpaired) electrons. The minimum absolute atomic E-state index is 0.0854. The number of carbonyl (C=O) groups is 2. The Morgan fingerprint density at radius 1 is 1.16 bits per heavy atom. The van der Waals surface area contributed by atoms with Gasteiger partial charge in [0.1, 0.15) is 6.54 Å². The van der Waals surface area contributed by atoms with Crippen molar-refractivity contribution in [1.82, 2.24) is 4.57 Å². The standard InChI is InChI=1S/C15H16N2O2/c1-2-14(18)12-8-9-17(10-12)11-15(19)16-13-6-4-3-5-7-13/h3-10H,2,11H2,1H3,(H,16,19). The Labute approximate surface area is 112 Å². The lowest BCUT2D eigenvalue weighted by molar-refractivity contribution is -0.116. The van der Waals surface area contributed by atoms with E-state index in [2.05, 4.69) is 5.32 Å². The molecule has 2 rings (SSSR count). The van der Waals surface area contributed by atoms with E-state index < -0.39 is 0 Å². The van der Waals surface area contributed by atoms with Gasteiger partial charge < -0.3 is 9.88 Å². The molecule has 2 aromatic rings. The Morgan fingerprint density at radius 3 is 2.58 bits per heavy atom. The SMILES string of the molecule is CCC(=O)c1ccn(CC(=O)Nc2ccccc2)c1. The normalized spacial score (nSPS) is 10.2. The topological polar surface area (TPSA) is 51.1 Å². The first kappa shape index (κ1) is 13.1. The van der Waals surface area contributed by atoms with Gasteiger partial charge in [-0.25, -0.2) is 0 Å². The number of para-hydroxylation sites is 1. The smallest absolute Gasteiger partial charge is 0.244 e. The number of hydrogen-bond donors (Lipinski definition) is 1. The van der Waals surface area contributed by atoms with E-state index in [-0.39, 0.29) is 18.2 Å². The van der Waals surface area contributed by atoms with Gasteiger partial charge in [-0.3, -0.25) is 9.59 Å².